The van der Waals surface area contributed by atoms with Gasteiger partial charge in [0.25, 0.3) is 5.91 Å². The van der Waals surface area contributed by atoms with Gasteiger partial charge in [0.1, 0.15) is 11.6 Å². The lowest BCUT2D eigenvalue weighted by atomic mass is 10.0. The molecule has 0 aromatic carbocycles. The number of thiophene rings is 1. The van der Waals surface area contributed by atoms with Crippen LogP contribution in [0.4, 0.5) is 0 Å². The third-order valence-electron chi connectivity index (χ3n) is 3.93. The van der Waals surface area contributed by atoms with Crippen LogP contribution in [0.2, 0.25) is 0 Å². The second-order valence-corrected chi connectivity index (χ2v) is 6.96. The first-order valence-corrected chi connectivity index (χ1v) is 8.18. The van der Waals surface area contributed by atoms with Crippen LogP contribution < -0.4 is 0 Å². The number of amides is 1. The van der Waals surface area contributed by atoms with Crippen LogP contribution in [-0.4, -0.2) is 52.3 Å². The zero-order valence-corrected chi connectivity index (χ0v) is 13.8. The second-order valence-electron chi connectivity index (χ2n) is 5.67. The number of aromatic amines is 1. The Morgan fingerprint density at radius 1 is 1.50 bits per heavy atom. The normalized spacial score (nSPS) is 21.2. The molecule has 2 aromatic rings. The van der Waals surface area contributed by atoms with E-state index in [4.69, 9.17) is 4.74 Å². The van der Waals surface area contributed by atoms with Gasteiger partial charge in [-0.05, 0) is 32.4 Å². The summed E-state index contributed by atoms with van der Waals surface area (Å²) in [5, 5.41) is 7.06. The number of ether oxygens (including phenoxy) is 1. The fourth-order valence-electron chi connectivity index (χ4n) is 2.76. The largest absolute Gasteiger partial charge is 0.376 e. The highest BCUT2D eigenvalue weighted by atomic mass is 32.1. The third kappa shape index (κ3) is 3.05. The Morgan fingerprint density at radius 3 is 2.95 bits per heavy atom. The minimum absolute atomic E-state index is 0.0395. The molecule has 0 aliphatic carbocycles. The van der Waals surface area contributed by atoms with Gasteiger partial charge >= 0.3 is 0 Å². The van der Waals surface area contributed by atoms with Crippen LogP contribution in [0, 0.1) is 13.8 Å². The van der Waals surface area contributed by atoms with Gasteiger partial charge in [0.15, 0.2) is 0 Å². The van der Waals surface area contributed by atoms with Crippen LogP contribution in [0.15, 0.2) is 12.1 Å². The smallest absolute Gasteiger partial charge is 0.263 e. The molecule has 22 heavy (non-hydrogen) atoms. The number of rotatable bonds is 4. The summed E-state index contributed by atoms with van der Waals surface area (Å²) in [5.41, 5.74) is 0. The van der Waals surface area contributed by atoms with Gasteiger partial charge in [0, 0.05) is 31.0 Å². The van der Waals surface area contributed by atoms with E-state index in [1.54, 1.807) is 4.90 Å². The monoisotopic (exact) mass is 320 g/mol. The molecule has 3 heterocycles. The van der Waals surface area contributed by atoms with Crippen LogP contribution in [0.5, 0.6) is 0 Å². The Kier molecular flexibility index (Phi) is 4.26. The second kappa shape index (κ2) is 6.18. The molecule has 2 atom stereocenters. The molecule has 7 heteroatoms. The summed E-state index contributed by atoms with van der Waals surface area (Å²) in [7, 11) is 1.82. The zero-order valence-electron chi connectivity index (χ0n) is 13.0. The Bertz CT molecular complexity index is 666. The molecule has 2 aromatic heterocycles. The van der Waals surface area contributed by atoms with Gasteiger partial charge < -0.3 is 9.64 Å². The molecule has 1 saturated heterocycles. The van der Waals surface area contributed by atoms with E-state index in [1.165, 1.54) is 11.3 Å². The molecule has 0 saturated carbocycles. The minimum atomic E-state index is -0.0395. The third-order valence-corrected chi connectivity index (χ3v) is 4.92. The van der Waals surface area contributed by atoms with Crippen molar-refractivity contribution >= 4 is 17.2 Å². The number of H-pyrrole nitrogens is 1. The van der Waals surface area contributed by atoms with E-state index in [9.17, 15) is 4.79 Å². The van der Waals surface area contributed by atoms with Gasteiger partial charge in [-0.1, -0.05) is 0 Å². The molecule has 118 valence electrons. The van der Waals surface area contributed by atoms with E-state index in [0.717, 1.165) is 27.8 Å². The Labute approximate surface area is 133 Å². The van der Waals surface area contributed by atoms with Crippen molar-refractivity contribution in [2.24, 2.45) is 0 Å². The molecular weight excluding hydrogens is 300 g/mol. The summed E-state index contributed by atoms with van der Waals surface area (Å²) >= 11 is 1.52. The Balaban J connectivity index is 1.67. The highest BCUT2D eigenvalue weighted by Crippen LogP contribution is 2.30. The molecule has 0 bridgehead atoms. The quantitative estimate of drug-likeness (QED) is 0.937. The highest BCUT2D eigenvalue weighted by Gasteiger charge is 2.33. The summed E-state index contributed by atoms with van der Waals surface area (Å²) in [6.07, 6.45) is 0.863. The number of hydrogen-bond acceptors (Lipinski definition) is 5. The van der Waals surface area contributed by atoms with Gasteiger partial charge in [-0.25, -0.2) is 4.98 Å². The number of likely N-dealkylation sites (N-methyl/N-ethyl adjacent to an activating group) is 1. The molecule has 3 rings (SSSR count). The molecule has 0 unspecified atom stereocenters. The number of hydrogen-bond donors (Lipinski definition) is 1. The maximum atomic E-state index is 12.4. The van der Waals surface area contributed by atoms with Gasteiger partial charge in [0.05, 0.1) is 11.0 Å². The lowest BCUT2D eigenvalue weighted by Gasteiger charge is -2.23. The van der Waals surface area contributed by atoms with Gasteiger partial charge in [-0.3, -0.25) is 9.89 Å². The SMILES string of the molecule is Cc1n[nH]c([C@H]2CCO[C@H]2CN(C)C(=O)c2ccc(C)s2)n1. The fraction of sp³-hybridized carbons (Fsp3) is 0.533. The first kappa shape index (κ1) is 15.2. The van der Waals surface area contributed by atoms with Crippen molar-refractivity contribution in [3.05, 3.63) is 33.5 Å². The molecule has 6 nitrogen and oxygen atoms in total. The summed E-state index contributed by atoms with van der Waals surface area (Å²) < 4.78 is 5.81. The number of nitrogens with zero attached hydrogens (tertiary/aromatic N) is 3. The number of aryl methyl sites for hydroxylation is 2. The maximum absolute atomic E-state index is 12.4. The number of nitrogens with one attached hydrogen (secondary N) is 1. The van der Waals surface area contributed by atoms with Crippen molar-refractivity contribution < 1.29 is 9.53 Å². The van der Waals surface area contributed by atoms with E-state index < -0.39 is 0 Å². The van der Waals surface area contributed by atoms with E-state index in [1.807, 2.05) is 33.0 Å². The van der Waals surface area contributed by atoms with E-state index in [2.05, 4.69) is 15.2 Å². The summed E-state index contributed by atoms with van der Waals surface area (Å²) in [6.45, 7) is 5.11. The van der Waals surface area contributed by atoms with E-state index >= 15 is 0 Å². The average molecular weight is 320 g/mol. The maximum Gasteiger partial charge on any atom is 0.263 e. The van der Waals surface area contributed by atoms with Crippen molar-refractivity contribution in [1.29, 1.82) is 0 Å². The molecule has 1 N–H and O–H groups in total. The van der Waals surface area contributed by atoms with Crippen LogP contribution in [0.3, 0.4) is 0 Å². The van der Waals surface area contributed by atoms with Crippen molar-refractivity contribution in [1.82, 2.24) is 20.1 Å². The van der Waals surface area contributed by atoms with Crippen LogP contribution >= 0.6 is 11.3 Å². The van der Waals surface area contributed by atoms with Crippen LogP contribution in [0.25, 0.3) is 0 Å². The summed E-state index contributed by atoms with van der Waals surface area (Å²) in [4.78, 5) is 20.5. The molecule has 1 aliphatic heterocycles. The topological polar surface area (TPSA) is 71.1 Å². The van der Waals surface area contributed by atoms with Crippen LogP contribution in [-0.2, 0) is 4.74 Å². The first-order valence-electron chi connectivity index (χ1n) is 7.37. The molecular formula is C15H20N4O2S. The summed E-state index contributed by atoms with van der Waals surface area (Å²) in [6, 6.07) is 3.85. The standard InChI is InChI=1S/C15H20N4O2S/c1-9-4-5-13(22-9)15(20)19(3)8-12-11(6-7-21-12)14-16-10(2)17-18-14/h4-5,11-12H,6-8H2,1-3H3,(H,16,17,18)/t11-,12-/m0/s1. The number of carbonyl (C=O) groups is 1. The Hall–Kier alpha value is -1.73. The van der Waals surface area contributed by atoms with Crippen molar-refractivity contribution in [2.45, 2.75) is 32.3 Å². The number of carbonyl (C=O) groups excluding carboxylic acids is 1. The van der Waals surface area contributed by atoms with Crippen molar-refractivity contribution in [2.75, 3.05) is 20.2 Å². The molecule has 1 fully saturated rings. The van der Waals surface area contributed by atoms with Crippen LogP contribution in [0.1, 0.15) is 38.5 Å². The first-order chi connectivity index (χ1) is 10.5. The van der Waals surface area contributed by atoms with Gasteiger partial charge in [-0.15, -0.1) is 11.3 Å². The van der Waals surface area contributed by atoms with E-state index in [0.29, 0.717) is 13.2 Å². The lowest BCUT2D eigenvalue weighted by Crippen LogP contribution is -2.36. The lowest BCUT2D eigenvalue weighted by molar-refractivity contribution is 0.0553. The predicted octanol–water partition coefficient (Wildman–Crippen LogP) is 2.13. The molecule has 1 amide bonds. The predicted molar refractivity (Wildman–Crippen MR) is 84.2 cm³/mol. The Morgan fingerprint density at radius 2 is 2.32 bits per heavy atom. The van der Waals surface area contributed by atoms with E-state index in [-0.39, 0.29) is 17.9 Å². The van der Waals surface area contributed by atoms with Gasteiger partial charge in [0.2, 0.25) is 0 Å². The molecule has 0 spiro atoms. The summed E-state index contributed by atoms with van der Waals surface area (Å²) in [5.74, 6) is 1.80. The zero-order chi connectivity index (χ0) is 15.7. The average Bonchev–Trinajstić information content (AvgIpc) is 3.19. The number of aromatic nitrogens is 3. The minimum Gasteiger partial charge on any atom is -0.376 e. The van der Waals surface area contributed by atoms with Crippen molar-refractivity contribution in [3.8, 4) is 0 Å². The van der Waals surface area contributed by atoms with Gasteiger partial charge in [-0.2, -0.15) is 5.10 Å². The van der Waals surface area contributed by atoms with Crippen molar-refractivity contribution in [3.63, 3.8) is 0 Å². The molecule has 0 radical (unpaired) electrons. The molecule has 1 aliphatic rings. The fourth-order valence-corrected chi connectivity index (χ4v) is 3.62. The highest BCUT2D eigenvalue weighted by molar-refractivity contribution is 7.13.